The molecule has 26 heavy (non-hydrogen) atoms. The van der Waals surface area contributed by atoms with Gasteiger partial charge in [-0.05, 0) is 19.4 Å². The Bertz CT molecular complexity index is 808. The summed E-state index contributed by atoms with van der Waals surface area (Å²) in [5.74, 6) is -1.05. The molecule has 0 aliphatic carbocycles. The monoisotopic (exact) mass is 366 g/mol. The van der Waals surface area contributed by atoms with Gasteiger partial charge < -0.3 is 14.2 Å². The smallest absolute Gasteiger partial charge is 0.330 e. The molecule has 142 valence electrons. The van der Waals surface area contributed by atoms with E-state index < -0.39 is 41.6 Å². The molecule has 0 spiro atoms. The Kier molecular flexibility index (Phi) is 6.51. The number of nitrogens with zero attached hydrogens (tertiary/aromatic N) is 1. The van der Waals surface area contributed by atoms with Gasteiger partial charge in [0, 0.05) is 31.2 Å². The van der Waals surface area contributed by atoms with Crippen molar-refractivity contribution in [3.63, 3.8) is 0 Å². The number of aromatic amines is 1. The van der Waals surface area contributed by atoms with E-state index in [2.05, 4.69) is 4.98 Å². The molecule has 2 rings (SSSR count). The molecule has 9 nitrogen and oxygen atoms in total. The van der Waals surface area contributed by atoms with E-state index in [9.17, 15) is 19.2 Å². The second-order valence-corrected chi connectivity index (χ2v) is 5.72. The van der Waals surface area contributed by atoms with Gasteiger partial charge in [-0.15, -0.1) is 0 Å². The van der Waals surface area contributed by atoms with E-state index in [0.717, 1.165) is 0 Å². The summed E-state index contributed by atoms with van der Waals surface area (Å²) < 4.78 is 17.1. The maximum absolute atomic E-state index is 12.1. The Labute approximate surface area is 149 Å². The van der Waals surface area contributed by atoms with Crippen molar-refractivity contribution in [1.29, 1.82) is 0 Å². The van der Waals surface area contributed by atoms with Crippen molar-refractivity contribution in [2.45, 2.75) is 52.0 Å². The number of carbonyl (C=O) groups excluding carboxylic acids is 2. The Morgan fingerprint density at radius 1 is 1.38 bits per heavy atom. The van der Waals surface area contributed by atoms with Crippen molar-refractivity contribution in [3.8, 4) is 0 Å². The molecule has 0 amide bonds. The first-order valence-corrected chi connectivity index (χ1v) is 8.37. The zero-order valence-corrected chi connectivity index (χ0v) is 14.9. The molecule has 1 aromatic rings. The lowest BCUT2D eigenvalue weighted by Gasteiger charge is -2.15. The maximum Gasteiger partial charge on any atom is 0.330 e. The van der Waals surface area contributed by atoms with Gasteiger partial charge in [-0.2, -0.15) is 0 Å². The third kappa shape index (κ3) is 4.69. The van der Waals surface area contributed by atoms with Crippen LogP contribution in [-0.2, 0) is 30.2 Å². The maximum atomic E-state index is 12.1. The number of rotatable bonds is 6. The summed E-state index contributed by atoms with van der Waals surface area (Å²) >= 11 is 0. The van der Waals surface area contributed by atoms with Gasteiger partial charge in [0.05, 0.1) is 6.61 Å². The second-order valence-electron chi connectivity index (χ2n) is 5.72. The Balaban J connectivity index is 2.27. The molecule has 9 heteroatoms. The number of nitrogens with one attached hydrogen (secondary N) is 1. The van der Waals surface area contributed by atoms with Crippen molar-refractivity contribution < 1.29 is 23.8 Å². The summed E-state index contributed by atoms with van der Waals surface area (Å²) in [4.78, 5) is 48.9. The zero-order chi connectivity index (χ0) is 19.3. The summed E-state index contributed by atoms with van der Waals surface area (Å²) in [7, 11) is 0. The molecule has 1 aliphatic rings. The molecule has 2 heterocycles. The summed E-state index contributed by atoms with van der Waals surface area (Å²) in [5, 5.41) is 0. The van der Waals surface area contributed by atoms with Gasteiger partial charge in [-0.1, -0.05) is 6.92 Å². The molecule has 0 saturated carbocycles. The summed E-state index contributed by atoms with van der Waals surface area (Å²) in [6.45, 7) is 4.98. The number of H-pyrrole nitrogens is 1. The van der Waals surface area contributed by atoms with Crippen LogP contribution in [-0.4, -0.2) is 40.3 Å². The van der Waals surface area contributed by atoms with Crippen LogP contribution in [0.15, 0.2) is 27.9 Å². The van der Waals surface area contributed by atoms with Gasteiger partial charge >= 0.3 is 17.6 Å². The van der Waals surface area contributed by atoms with Gasteiger partial charge in [0.25, 0.3) is 5.56 Å². The lowest BCUT2D eigenvalue weighted by atomic mass is 10.1. The van der Waals surface area contributed by atoms with E-state index in [-0.39, 0.29) is 13.0 Å². The average Bonchev–Trinajstić information content (AvgIpc) is 2.95. The number of esters is 2. The van der Waals surface area contributed by atoms with Gasteiger partial charge in [0.15, 0.2) is 0 Å². The number of hydrogen-bond donors (Lipinski definition) is 1. The molecule has 1 unspecified atom stereocenters. The van der Waals surface area contributed by atoms with Gasteiger partial charge in [0.2, 0.25) is 0 Å². The van der Waals surface area contributed by atoms with E-state index in [0.29, 0.717) is 12.0 Å². The zero-order valence-electron chi connectivity index (χ0n) is 14.9. The number of aromatic nitrogens is 2. The third-order valence-electron chi connectivity index (χ3n) is 3.87. The molecule has 1 aliphatic heterocycles. The molecule has 0 aromatic carbocycles. The van der Waals surface area contributed by atoms with Crippen LogP contribution >= 0.6 is 0 Å². The average molecular weight is 366 g/mol. The fourth-order valence-corrected chi connectivity index (χ4v) is 2.69. The molecule has 1 N–H and O–H groups in total. The highest BCUT2D eigenvalue weighted by Crippen LogP contribution is 2.30. The summed E-state index contributed by atoms with van der Waals surface area (Å²) in [6.07, 6.45) is 2.57. The van der Waals surface area contributed by atoms with Crippen LogP contribution in [0.5, 0.6) is 0 Å². The number of carbonyl (C=O) groups is 2. The van der Waals surface area contributed by atoms with Crippen LogP contribution in [0.25, 0.3) is 0 Å². The van der Waals surface area contributed by atoms with Gasteiger partial charge in [-0.25, -0.2) is 9.59 Å². The van der Waals surface area contributed by atoms with Crippen molar-refractivity contribution in [1.82, 2.24) is 9.55 Å². The fraction of sp³-hybridized carbons (Fsp3) is 0.529. The SMILES string of the molecule is CCOC(=O)/C=C/[C@@H]1O[C@H](n2cc(CC)c(=O)[nH]c2=O)CC1OC(C)=O. The lowest BCUT2D eigenvalue weighted by molar-refractivity contribution is -0.147. The second kappa shape index (κ2) is 8.61. The molecular formula is C17H22N2O7. The van der Waals surface area contributed by atoms with Crippen LogP contribution in [0, 0.1) is 0 Å². The van der Waals surface area contributed by atoms with E-state index in [4.69, 9.17) is 14.2 Å². The highest BCUT2D eigenvalue weighted by molar-refractivity contribution is 5.82. The van der Waals surface area contributed by atoms with Crippen LogP contribution in [0.1, 0.15) is 39.0 Å². The molecule has 0 bridgehead atoms. The summed E-state index contributed by atoms with van der Waals surface area (Å²) in [6, 6.07) is 0. The van der Waals surface area contributed by atoms with E-state index >= 15 is 0 Å². The number of ether oxygens (including phenoxy) is 3. The van der Waals surface area contributed by atoms with Gasteiger partial charge in [0.1, 0.15) is 18.4 Å². The molecule has 1 saturated heterocycles. The highest BCUT2D eigenvalue weighted by Gasteiger charge is 2.37. The van der Waals surface area contributed by atoms with E-state index in [1.54, 1.807) is 13.8 Å². The first-order chi connectivity index (χ1) is 12.3. The first-order valence-electron chi connectivity index (χ1n) is 8.37. The van der Waals surface area contributed by atoms with Crippen LogP contribution in [0.3, 0.4) is 0 Å². The van der Waals surface area contributed by atoms with Crippen molar-refractivity contribution in [2.24, 2.45) is 0 Å². The lowest BCUT2D eigenvalue weighted by Crippen LogP contribution is -2.34. The predicted molar refractivity (Wildman–Crippen MR) is 90.6 cm³/mol. The standard InChI is InChI=1S/C17H22N2O7/c1-4-11-9-19(17(23)18-16(11)22)14-8-13(25-10(3)20)12(26-14)6-7-15(21)24-5-2/h6-7,9,12-14H,4-5,8H2,1-3H3,(H,18,22,23)/b7-6+/t12-,13?,14-/m0/s1. The van der Waals surface area contributed by atoms with Crippen molar-refractivity contribution >= 4 is 11.9 Å². The van der Waals surface area contributed by atoms with Crippen molar-refractivity contribution in [2.75, 3.05) is 6.61 Å². The van der Waals surface area contributed by atoms with Crippen LogP contribution in [0.2, 0.25) is 0 Å². The fourth-order valence-electron chi connectivity index (χ4n) is 2.69. The minimum absolute atomic E-state index is 0.201. The molecule has 0 radical (unpaired) electrons. The molecule has 3 atom stereocenters. The van der Waals surface area contributed by atoms with Crippen LogP contribution < -0.4 is 11.2 Å². The predicted octanol–water partition coefficient (Wildman–Crippen LogP) is 0.438. The van der Waals surface area contributed by atoms with E-state index in [1.165, 1.54) is 29.8 Å². The highest BCUT2D eigenvalue weighted by atomic mass is 16.6. The molecule has 1 aromatic heterocycles. The Morgan fingerprint density at radius 3 is 2.73 bits per heavy atom. The first kappa shape index (κ1) is 19.6. The van der Waals surface area contributed by atoms with E-state index in [1.807, 2.05) is 0 Å². The molecular weight excluding hydrogens is 344 g/mol. The Morgan fingerprint density at radius 2 is 2.12 bits per heavy atom. The van der Waals surface area contributed by atoms with Gasteiger partial charge in [-0.3, -0.25) is 19.1 Å². The molecule has 1 fully saturated rings. The topological polar surface area (TPSA) is 117 Å². The number of hydrogen-bond acceptors (Lipinski definition) is 7. The quantitative estimate of drug-likeness (QED) is 0.573. The van der Waals surface area contributed by atoms with Crippen LogP contribution in [0.4, 0.5) is 0 Å². The van der Waals surface area contributed by atoms with Crippen molar-refractivity contribution in [3.05, 3.63) is 44.8 Å². The normalized spacial score (nSPS) is 22.5. The largest absolute Gasteiger partial charge is 0.463 e. The Hall–Kier alpha value is -2.68. The third-order valence-corrected chi connectivity index (χ3v) is 3.87. The minimum atomic E-state index is -0.745. The number of aryl methyl sites for hydroxylation is 1. The minimum Gasteiger partial charge on any atom is -0.463 e. The summed E-state index contributed by atoms with van der Waals surface area (Å²) in [5.41, 5.74) is -0.626.